The average molecular weight is 380 g/mol. The van der Waals surface area contributed by atoms with Crippen LogP contribution in [0.5, 0.6) is 0 Å². The second-order valence-electron chi connectivity index (χ2n) is 7.76. The number of piperidine rings is 1. The molecule has 9 heteroatoms. The smallest absolute Gasteiger partial charge is 0.272 e. The molecule has 146 valence electrons. The third-order valence-electron chi connectivity index (χ3n) is 5.39. The van der Waals surface area contributed by atoms with E-state index in [0.717, 1.165) is 48.8 Å². The van der Waals surface area contributed by atoms with Gasteiger partial charge in [0.05, 0.1) is 6.33 Å². The van der Waals surface area contributed by atoms with E-state index in [9.17, 15) is 4.79 Å². The lowest BCUT2D eigenvalue weighted by molar-refractivity contribution is 0.0820. The number of hydrogen-bond donors (Lipinski definition) is 1. The Morgan fingerprint density at radius 2 is 1.93 bits per heavy atom. The minimum Gasteiger partial charge on any atom is -0.355 e. The van der Waals surface area contributed by atoms with Crippen LogP contribution in [-0.4, -0.2) is 67.9 Å². The number of nitrogens with one attached hydrogen (secondary N) is 1. The number of aryl methyl sites for hydroxylation is 1. The standard InChI is InChI=1S/C19H24N8O/c1-12-9-13(17(28)26(3)4)25-18(24-12)19(2)5-7-27(8-6-19)16-14-15(21-10-20-14)22-11-23-16/h9-11H,5-8H2,1-4H3,(H,20,21,22,23). The SMILES string of the molecule is Cc1cc(C(=O)N(C)C)nc(C2(C)CCN(c3ncnc4nc[nH]c34)CC2)n1. The lowest BCUT2D eigenvalue weighted by atomic mass is 9.79. The van der Waals surface area contributed by atoms with Gasteiger partial charge in [0.2, 0.25) is 0 Å². The number of anilines is 1. The first-order chi connectivity index (χ1) is 13.4. The number of nitrogens with zero attached hydrogens (tertiary/aromatic N) is 7. The van der Waals surface area contributed by atoms with E-state index in [4.69, 9.17) is 0 Å². The van der Waals surface area contributed by atoms with Crippen LogP contribution in [0.4, 0.5) is 5.82 Å². The molecule has 9 nitrogen and oxygen atoms in total. The van der Waals surface area contributed by atoms with Gasteiger partial charge in [0, 0.05) is 38.3 Å². The Labute approximate surface area is 163 Å². The van der Waals surface area contributed by atoms with Gasteiger partial charge in [-0.05, 0) is 25.8 Å². The zero-order valence-electron chi connectivity index (χ0n) is 16.6. The van der Waals surface area contributed by atoms with Crippen molar-refractivity contribution in [2.75, 3.05) is 32.1 Å². The molecule has 0 unspecified atom stereocenters. The highest BCUT2D eigenvalue weighted by atomic mass is 16.2. The number of aromatic amines is 1. The maximum Gasteiger partial charge on any atom is 0.272 e. The molecular formula is C19H24N8O. The molecule has 0 saturated carbocycles. The number of H-pyrrole nitrogens is 1. The monoisotopic (exact) mass is 380 g/mol. The fraction of sp³-hybridized carbons (Fsp3) is 0.474. The second-order valence-corrected chi connectivity index (χ2v) is 7.76. The second kappa shape index (κ2) is 6.81. The highest BCUT2D eigenvalue weighted by molar-refractivity contribution is 5.92. The Bertz CT molecular complexity index is 1020. The van der Waals surface area contributed by atoms with E-state index in [1.807, 2.05) is 6.92 Å². The summed E-state index contributed by atoms with van der Waals surface area (Å²) in [4.78, 5) is 41.4. The van der Waals surface area contributed by atoms with Crippen LogP contribution in [0.15, 0.2) is 18.7 Å². The van der Waals surface area contributed by atoms with Crippen molar-refractivity contribution in [3.63, 3.8) is 0 Å². The molecule has 0 aromatic carbocycles. The molecule has 1 aliphatic heterocycles. The molecule has 1 N–H and O–H groups in total. The molecule has 1 amide bonds. The largest absolute Gasteiger partial charge is 0.355 e. The summed E-state index contributed by atoms with van der Waals surface area (Å²) in [5.74, 6) is 1.51. The third kappa shape index (κ3) is 3.17. The predicted octanol–water partition coefficient (Wildman–Crippen LogP) is 1.71. The van der Waals surface area contributed by atoms with Crippen LogP contribution in [0.2, 0.25) is 0 Å². The molecule has 0 aliphatic carbocycles. The quantitative estimate of drug-likeness (QED) is 0.737. The molecule has 0 bridgehead atoms. The molecule has 1 fully saturated rings. The van der Waals surface area contributed by atoms with Crippen molar-refractivity contribution < 1.29 is 4.79 Å². The topological polar surface area (TPSA) is 104 Å². The molecule has 0 spiro atoms. The highest BCUT2D eigenvalue weighted by Crippen LogP contribution is 2.35. The fourth-order valence-electron chi connectivity index (χ4n) is 3.60. The van der Waals surface area contributed by atoms with Crippen molar-refractivity contribution in [2.24, 2.45) is 0 Å². The number of rotatable bonds is 3. The Balaban J connectivity index is 1.58. The van der Waals surface area contributed by atoms with E-state index in [-0.39, 0.29) is 11.3 Å². The van der Waals surface area contributed by atoms with Crippen LogP contribution >= 0.6 is 0 Å². The van der Waals surface area contributed by atoms with Crippen LogP contribution in [0.1, 0.15) is 41.8 Å². The summed E-state index contributed by atoms with van der Waals surface area (Å²) < 4.78 is 0. The first kappa shape index (κ1) is 18.3. The van der Waals surface area contributed by atoms with Gasteiger partial charge in [-0.1, -0.05) is 6.92 Å². The van der Waals surface area contributed by atoms with Crippen LogP contribution < -0.4 is 4.90 Å². The number of imidazole rings is 1. The van der Waals surface area contributed by atoms with Gasteiger partial charge in [-0.15, -0.1) is 0 Å². The highest BCUT2D eigenvalue weighted by Gasteiger charge is 2.36. The third-order valence-corrected chi connectivity index (χ3v) is 5.39. The number of carbonyl (C=O) groups is 1. The Morgan fingerprint density at radius 1 is 1.18 bits per heavy atom. The van der Waals surface area contributed by atoms with Crippen molar-refractivity contribution in [3.8, 4) is 0 Å². The summed E-state index contributed by atoms with van der Waals surface area (Å²) in [5.41, 5.74) is 2.60. The Kier molecular flexibility index (Phi) is 4.44. The molecule has 3 aromatic rings. The summed E-state index contributed by atoms with van der Waals surface area (Å²) in [7, 11) is 3.47. The van der Waals surface area contributed by atoms with Crippen LogP contribution in [-0.2, 0) is 5.41 Å². The first-order valence-electron chi connectivity index (χ1n) is 9.34. The molecule has 3 aromatic heterocycles. The molecular weight excluding hydrogens is 356 g/mol. The van der Waals surface area contributed by atoms with Gasteiger partial charge >= 0.3 is 0 Å². The van der Waals surface area contributed by atoms with Crippen molar-refractivity contribution in [3.05, 3.63) is 35.9 Å². The molecule has 4 rings (SSSR count). The molecule has 0 radical (unpaired) electrons. The molecule has 1 aliphatic rings. The zero-order valence-corrected chi connectivity index (χ0v) is 16.6. The van der Waals surface area contributed by atoms with Gasteiger partial charge in [-0.25, -0.2) is 24.9 Å². The maximum atomic E-state index is 12.4. The lowest BCUT2D eigenvalue weighted by Crippen LogP contribution is -2.42. The Hall–Kier alpha value is -3.10. The summed E-state index contributed by atoms with van der Waals surface area (Å²) in [6.07, 6.45) is 4.92. The first-order valence-corrected chi connectivity index (χ1v) is 9.34. The average Bonchev–Trinajstić information content (AvgIpc) is 3.16. The lowest BCUT2D eigenvalue weighted by Gasteiger charge is -2.39. The Morgan fingerprint density at radius 3 is 2.64 bits per heavy atom. The van der Waals surface area contributed by atoms with Gasteiger partial charge in [-0.2, -0.15) is 0 Å². The van der Waals surface area contributed by atoms with E-state index in [2.05, 4.69) is 41.7 Å². The van der Waals surface area contributed by atoms with Crippen molar-refractivity contribution in [1.29, 1.82) is 0 Å². The van der Waals surface area contributed by atoms with Crippen LogP contribution in [0, 0.1) is 6.92 Å². The number of aromatic nitrogens is 6. The number of hydrogen-bond acceptors (Lipinski definition) is 7. The summed E-state index contributed by atoms with van der Waals surface area (Å²) in [6, 6.07) is 1.75. The summed E-state index contributed by atoms with van der Waals surface area (Å²) in [6.45, 7) is 5.71. The van der Waals surface area contributed by atoms with Crippen LogP contribution in [0.3, 0.4) is 0 Å². The van der Waals surface area contributed by atoms with Gasteiger partial charge in [0.25, 0.3) is 5.91 Å². The van der Waals surface area contributed by atoms with E-state index >= 15 is 0 Å². The van der Waals surface area contributed by atoms with E-state index in [1.165, 1.54) is 0 Å². The maximum absolute atomic E-state index is 12.4. The van der Waals surface area contributed by atoms with Crippen molar-refractivity contribution in [1.82, 2.24) is 34.8 Å². The zero-order chi connectivity index (χ0) is 19.9. The molecule has 1 saturated heterocycles. The van der Waals surface area contributed by atoms with Crippen LogP contribution in [0.25, 0.3) is 11.2 Å². The predicted molar refractivity (Wildman–Crippen MR) is 105 cm³/mol. The van der Waals surface area contributed by atoms with Crippen molar-refractivity contribution in [2.45, 2.75) is 32.1 Å². The van der Waals surface area contributed by atoms with E-state index in [1.54, 1.807) is 37.7 Å². The summed E-state index contributed by atoms with van der Waals surface area (Å²) >= 11 is 0. The number of amides is 1. The fourth-order valence-corrected chi connectivity index (χ4v) is 3.60. The van der Waals surface area contributed by atoms with Gasteiger partial charge in [-0.3, -0.25) is 4.79 Å². The molecule has 28 heavy (non-hydrogen) atoms. The summed E-state index contributed by atoms with van der Waals surface area (Å²) in [5, 5.41) is 0. The molecule has 0 atom stereocenters. The minimum atomic E-state index is -0.190. The van der Waals surface area contributed by atoms with Crippen molar-refractivity contribution >= 4 is 22.9 Å². The van der Waals surface area contributed by atoms with Gasteiger partial charge in [0.1, 0.15) is 23.4 Å². The normalized spacial score (nSPS) is 16.4. The minimum absolute atomic E-state index is 0.101. The van der Waals surface area contributed by atoms with E-state index < -0.39 is 0 Å². The molecule has 4 heterocycles. The van der Waals surface area contributed by atoms with Gasteiger partial charge < -0.3 is 14.8 Å². The van der Waals surface area contributed by atoms with E-state index in [0.29, 0.717) is 11.3 Å². The number of carbonyl (C=O) groups excluding carboxylic acids is 1. The van der Waals surface area contributed by atoms with Gasteiger partial charge in [0.15, 0.2) is 11.5 Å². The number of fused-ring (bicyclic) bond motifs is 1.